The second-order valence-electron chi connectivity index (χ2n) is 4.13. The summed E-state index contributed by atoms with van der Waals surface area (Å²) in [4.78, 5) is 0. The fourth-order valence-electron chi connectivity index (χ4n) is 1.91. The largest absolute Gasteiger partial charge is 0.397 e. The summed E-state index contributed by atoms with van der Waals surface area (Å²) in [6.07, 6.45) is -7.76. The molecule has 0 aromatic carbocycles. The normalized spacial score (nSPS) is 34.8. The van der Waals surface area contributed by atoms with Gasteiger partial charge in [-0.05, 0) is 13.8 Å². The van der Waals surface area contributed by atoms with Gasteiger partial charge in [0.2, 0.25) is 0 Å². The third-order valence-corrected chi connectivity index (χ3v) is 3.50. The van der Waals surface area contributed by atoms with Gasteiger partial charge in [-0.15, -0.1) is 0 Å². The first-order valence-corrected chi connectivity index (χ1v) is 8.44. The lowest BCUT2D eigenvalue weighted by Gasteiger charge is -2.41. The topological polar surface area (TPSA) is 166 Å². The number of aliphatic hydroxyl groups excluding tert-OH is 1. The summed E-state index contributed by atoms with van der Waals surface area (Å²) in [5.74, 6) is 0. The molecule has 5 atom stereocenters. The Labute approximate surface area is 121 Å². The zero-order valence-corrected chi connectivity index (χ0v) is 12.7. The molecule has 0 bridgehead atoms. The maximum Gasteiger partial charge on any atom is 0.397 e. The molecule has 0 radical (unpaired) electrons. The van der Waals surface area contributed by atoms with Crippen LogP contribution in [0.2, 0.25) is 0 Å². The summed E-state index contributed by atoms with van der Waals surface area (Å²) in [5.41, 5.74) is 0. The Kier molecular flexibility index (Phi) is 6.05. The average Bonchev–Trinajstić information content (AvgIpc) is 2.26. The third-order valence-electron chi connectivity index (χ3n) is 2.57. The molecule has 3 N–H and O–H groups in total. The molecule has 1 aliphatic heterocycles. The minimum Gasteiger partial charge on any atom is -0.373 e. The van der Waals surface area contributed by atoms with E-state index in [0.29, 0.717) is 0 Å². The van der Waals surface area contributed by atoms with Crippen molar-refractivity contribution >= 4 is 20.8 Å². The van der Waals surface area contributed by atoms with E-state index in [1.54, 1.807) is 6.92 Å². The molecule has 0 saturated carbocycles. The lowest BCUT2D eigenvalue weighted by Crippen LogP contribution is -2.60. The minimum absolute atomic E-state index is 0.0679. The van der Waals surface area contributed by atoms with Gasteiger partial charge in [0.15, 0.2) is 12.4 Å². The van der Waals surface area contributed by atoms with Crippen LogP contribution in [0.5, 0.6) is 0 Å². The van der Waals surface area contributed by atoms with E-state index in [4.69, 9.17) is 18.6 Å². The number of hydrogen-bond donors (Lipinski definition) is 3. The van der Waals surface area contributed by atoms with Crippen LogP contribution in [-0.4, -0.2) is 68.4 Å². The molecule has 0 aliphatic carbocycles. The molecule has 13 heteroatoms. The fraction of sp³-hybridized carbons (Fsp3) is 1.00. The van der Waals surface area contributed by atoms with Crippen molar-refractivity contribution in [1.82, 2.24) is 0 Å². The quantitative estimate of drug-likeness (QED) is 0.476. The van der Waals surface area contributed by atoms with Crippen molar-refractivity contribution in [1.29, 1.82) is 0 Å². The van der Waals surface area contributed by atoms with Crippen molar-refractivity contribution in [3.05, 3.63) is 0 Å². The molecule has 1 heterocycles. The van der Waals surface area contributed by atoms with E-state index in [9.17, 15) is 21.9 Å². The molecule has 0 amide bonds. The average molecular weight is 352 g/mol. The van der Waals surface area contributed by atoms with Crippen molar-refractivity contribution in [3.8, 4) is 0 Å². The van der Waals surface area contributed by atoms with Crippen molar-refractivity contribution in [2.24, 2.45) is 0 Å². The van der Waals surface area contributed by atoms with E-state index in [1.807, 2.05) is 0 Å². The Bertz CT molecular complexity index is 541. The lowest BCUT2D eigenvalue weighted by atomic mass is 10.00. The van der Waals surface area contributed by atoms with Crippen LogP contribution in [0.25, 0.3) is 0 Å². The molecule has 126 valence electrons. The Morgan fingerprint density at radius 2 is 1.48 bits per heavy atom. The summed E-state index contributed by atoms with van der Waals surface area (Å²) >= 11 is 0. The highest BCUT2D eigenvalue weighted by Gasteiger charge is 2.49. The number of aliphatic hydroxyl groups is 1. The molecular weight excluding hydrogens is 336 g/mol. The van der Waals surface area contributed by atoms with Gasteiger partial charge < -0.3 is 14.6 Å². The van der Waals surface area contributed by atoms with E-state index >= 15 is 0 Å². The van der Waals surface area contributed by atoms with Crippen molar-refractivity contribution in [3.63, 3.8) is 0 Å². The van der Waals surface area contributed by atoms with E-state index < -0.39 is 51.5 Å². The van der Waals surface area contributed by atoms with Gasteiger partial charge in [0.05, 0.1) is 6.10 Å². The van der Waals surface area contributed by atoms with E-state index in [1.165, 1.54) is 6.92 Å². The predicted octanol–water partition coefficient (Wildman–Crippen LogP) is -1.50. The molecule has 11 nitrogen and oxygen atoms in total. The van der Waals surface area contributed by atoms with Crippen molar-refractivity contribution in [2.75, 3.05) is 6.61 Å². The number of hydrogen-bond acceptors (Lipinski definition) is 9. The molecule has 1 aliphatic rings. The smallest absolute Gasteiger partial charge is 0.373 e. The van der Waals surface area contributed by atoms with Gasteiger partial charge in [-0.2, -0.15) is 16.8 Å². The predicted molar refractivity (Wildman–Crippen MR) is 64.8 cm³/mol. The molecule has 21 heavy (non-hydrogen) atoms. The monoisotopic (exact) mass is 352 g/mol. The van der Waals surface area contributed by atoms with Crippen LogP contribution < -0.4 is 0 Å². The van der Waals surface area contributed by atoms with Gasteiger partial charge in [0.1, 0.15) is 12.2 Å². The van der Waals surface area contributed by atoms with Crippen LogP contribution in [0.3, 0.4) is 0 Å². The first kappa shape index (κ1) is 18.7. The molecule has 0 spiro atoms. The molecule has 1 saturated heterocycles. The molecule has 0 aromatic rings. The van der Waals surface area contributed by atoms with Crippen LogP contribution >= 0.6 is 0 Å². The van der Waals surface area contributed by atoms with Crippen molar-refractivity contribution in [2.45, 2.75) is 44.6 Å². The summed E-state index contributed by atoms with van der Waals surface area (Å²) in [7, 11) is -10.1. The second-order valence-corrected chi connectivity index (χ2v) is 6.22. The van der Waals surface area contributed by atoms with Gasteiger partial charge in [-0.25, -0.2) is 8.37 Å². The molecular formula is C8H16O11S2. The number of rotatable bonds is 6. The second kappa shape index (κ2) is 6.80. The first-order valence-electron chi connectivity index (χ1n) is 5.71. The van der Waals surface area contributed by atoms with Crippen LogP contribution in [-0.2, 0) is 38.6 Å². The zero-order valence-electron chi connectivity index (χ0n) is 11.0. The maximum atomic E-state index is 10.9. The zero-order chi connectivity index (χ0) is 16.4. The molecule has 0 aromatic heterocycles. The molecule has 1 rings (SSSR count). The summed E-state index contributed by atoms with van der Waals surface area (Å²) < 4.78 is 79.2. The minimum atomic E-state index is -5.05. The van der Waals surface area contributed by atoms with Crippen molar-refractivity contribution < 1.29 is 48.9 Å². The molecule has 1 fully saturated rings. The highest BCUT2D eigenvalue weighted by Crippen LogP contribution is 2.28. The van der Waals surface area contributed by atoms with Gasteiger partial charge in [-0.3, -0.25) is 9.11 Å². The lowest BCUT2D eigenvalue weighted by molar-refractivity contribution is -0.274. The SMILES string of the molecule is CCO[C@@H]1[C@@H](OS(=O)(=O)O)[C@@H](OS(=O)(=O)O)[C@H](O)O[C@H]1C. The third kappa shape index (κ3) is 5.72. The van der Waals surface area contributed by atoms with E-state index in [0.717, 1.165) is 0 Å². The van der Waals surface area contributed by atoms with E-state index in [2.05, 4.69) is 8.37 Å². The van der Waals surface area contributed by atoms with Gasteiger partial charge in [0, 0.05) is 6.61 Å². The van der Waals surface area contributed by atoms with Gasteiger partial charge >= 0.3 is 20.8 Å². The first-order chi connectivity index (χ1) is 9.44. The summed E-state index contributed by atoms with van der Waals surface area (Å²) in [5, 5.41) is 9.62. The van der Waals surface area contributed by atoms with Gasteiger partial charge in [0.25, 0.3) is 0 Å². The highest BCUT2D eigenvalue weighted by molar-refractivity contribution is 7.81. The highest BCUT2D eigenvalue weighted by atomic mass is 32.3. The maximum absolute atomic E-state index is 10.9. The standard InChI is InChI=1S/C8H16O11S2/c1-3-16-5-4(2)17-8(9)7(19-21(13,14)15)6(5)18-20(10,11)12/h4-9H,3H2,1-2H3,(H,10,11,12)(H,13,14,15)/t4-,5-,6+,7+,8+/m0/s1. The van der Waals surface area contributed by atoms with Crippen LogP contribution in [0.1, 0.15) is 13.8 Å². The Morgan fingerprint density at radius 1 is 1.00 bits per heavy atom. The number of ether oxygens (including phenoxy) is 2. The Morgan fingerprint density at radius 3 is 1.90 bits per heavy atom. The Hall–Kier alpha value is -0.380. The van der Waals surface area contributed by atoms with E-state index in [-0.39, 0.29) is 6.61 Å². The fourth-order valence-corrected chi connectivity index (χ4v) is 2.89. The Balaban J connectivity index is 3.14. The summed E-state index contributed by atoms with van der Waals surface area (Å²) in [6.45, 7) is 3.02. The van der Waals surface area contributed by atoms with Crippen LogP contribution in [0, 0.1) is 0 Å². The molecule has 0 unspecified atom stereocenters. The van der Waals surface area contributed by atoms with Gasteiger partial charge in [-0.1, -0.05) is 0 Å². The van der Waals surface area contributed by atoms with Crippen LogP contribution in [0.15, 0.2) is 0 Å². The van der Waals surface area contributed by atoms with Crippen LogP contribution in [0.4, 0.5) is 0 Å². The summed E-state index contributed by atoms with van der Waals surface area (Å²) in [6, 6.07) is 0.